The van der Waals surface area contributed by atoms with Crippen LogP contribution in [0.25, 0.3) is 22.3 Å². The van der Waals surface area contributed by atoms with Crippen molar-refractivity contribution >= 4 is 12.4 Å². The van der Waals surface area contributed by atoms with Gasteiger partial charge < -0.3 is 24.6 Å². The number of hydrogen-bond donors (Lipinski definition) is 4. The van der Waals surface area contributed by atoms with Gasteiger partial charge in [-0.1, -0.05) is 97.1 Å². The fraction of sp³-hybridized carbons (Fsp3) is 0.0400. The zero-order valence-corrected chi connectivity index (χ0v) is 17.8. The van der Waals surface area contributed by atoms with E-state index in [1.807, 2.05) is 0 Å². The summed E-state index contributed by atoms with van der Waals surface area (Å²) in [5.74, 6) is 0. The first kappa shape index (κ1) is 25.0. The molecule has 2 aliphatic carbocycles. The minimum atomic E-state index is -0.180. The molecule has 156 valence electrons. The molecule has 0 fully saturated rings. The minimum absolute atomic E-state index is 0. The fourth-order valence-corrected chi connectivity index (χ4v) is 5.05. The van der Waals surface area contributed by atoms with Gasteiger partial charge in [0.2, 0.25) is 0 Å². The summed E-state index contributed by atoms with van der Waals surface area (Å²) in [6, 6.07) is 35.7. The average molecular weight is 421 g/mol. The predicted molar refractivity (Wildman–Crippen MR) is 130 cm³/mol. The molecular formula is C25H29ClN4. The van der Waals surface area contributed by atoms with Gasteiger partial charge in [0, 0.05) is 0 Å². The Hall–Kier alpha value is -2.99. The highest BCUT2D eigenvalue weighted by Crippen LogP contribution is 2.62. The summed E-state index contributed by atoms with van der Waals surface area (Å²) in [4.78, 5) is 0. The van der Waals surface area contributed by atoms with E-state index in [1.165, 1.54) is 44.5 Å². The van der Waals surface area contributed by atoms with Crippen LogP contribution in [-0.2, 0) is 5.41 Å². The van der Waals surface area contributed by atoms with Crippen LogP contribution in [0, 0.1) is 0 Å². The number of rotatable bonds is 0. The third kappa shape index (κ3) is 2.70. The SMILES string of the molecule is Cl.N.N.N.N.c1ccc2c(c1)-c1ccccc1C21c2ccccc2-c2ccccc21. The topological polar surface area (TPSA) is 140 Å². The zero-order chi connectivity index (χ0) is 16.4. The lowest BCUT2D eigenvalue weighted by Gasteiger charge is -2.30. The molecular weight excluding hydrogens is 392 g/mol. The molecule has 4 aromatic rings. The number of hydrogen-bond acceptors (Lipinski definition) is 4. The molecule has 0 bridgehead atoms. The van der Waals surface area contributed by atoms with E-state index in [-0.39, 0.29) is 42.4 Å². The Morgan fingerprint density at radius 2 is 0.533 bits per heavy atom. The van der Waals surface area contributed by atoms with Crippen LogP contribution in [0.2, 0.25) is 0 Å². The third-order valence-corrected chi connectivity index (χ3v) is 5.90. The Morgan fingerprint density at radius 1 is 0.333 bits per heavy atom. The average Bonchev–Trinajstić information content (AvgIpc) is 3.16. The van der Waals surface area contributed by atoms with Crippen molar-refractivity contribution in [3.63, 3.8) is 0 Å². The third-order valence-electron chi connectivity index (χ3n) is 5.90. The second kappa shape index (κ2) is 8.79. The van der Waals surface area contributed by atoms with Crippen molar-refractivity contribution in [1.82, 2.24) is 24.6 Å². The van der Waals surface area contributed by atoms with Gasteiger partial charge in [-0.25, -0.2) is 0 Å². The quantitative estimate of drug-likeness (QED) is 0.208. The molecule has 0 heterocycles. The highest BCUT2D eigenvalue weighted by molar-refractivity contribution is 5.94. The first-order valence-electron chi connectivity index (χ1n) is 8.81. The first-order chi connectivity index (χ1) is 12.4. The molecule has 0 atom stereocenters. The highest BCUT2D eigenvalue weighted by atomic mass is 35.5. The molecule has 0 unspecified atom stereocenters. The Kier molecular flexibility index (Phi) is 7.34. The Morgan fingerprint density at radius 3 is 0.767 bits per heavy atom. The summed E-state index contributed by atoms with van der Waals surface area (Å²) in [5, 5.41) is 0. The second-order valence-corrected chi connectivity index (χ2v) is 6.93. The summed E-state index contributed by atoms with van der Waals surface area (Å²) in [6.45, 7) is 0. The molecule has 6 rings (SSSR count). The van der Waals surface area contributed by atoms with Crippen LogP contribution in [0.3, 0.4) is 0 Å². The maximum atomic E-state index is 2.31. The van der Waals surface area contributed by atoms with Crippen molar-refractivity contribution in [2.24, 2.45) is 0 Å². The van der Waals surface area contributed by atoms with E-state index in [0.717, 1.165) is 0 Å². The van der Waals surface area contributed by atoms with Gasteiger partial charge in [0.05, 0.1) is 5.41 Å². The normalized spacial score (nSPS) is 12.3. The summed E-state index contributed by atoms with van der Waals surface area (Å²) in [6.07, 6.45) is 0. The lowest BCUT2D eigenvalue weighted by Crippen LogP contribution is -2.25. The molecule has 12 N–H and O–H groups in total. The molecule has 30 heavy (non-hydrogen) atoms. The smallest absolute Gasteiger partial charge is 0.0725 e. The summed E-state index contributed by atoms with van der Waals surface area (Å²) >= 11 is 0. The monoisotopic (exact) mass is 420 g/mol. The lowest BCUT2D eigenvalue weighted by molar-refractivity contribution is 0.794. The van der Waals surface area contributed by atoms with Gasteiger partial charge in [-0.15, -0.1) is 12.4 Å². The standard InChI is InChI=1S/C25H16.ClH.4H3N/c1-5-13-21-17(9-1)18-10-2-6-14-22(18)25(21)23-15-7-3-11-19(23)20-12-4-8-16-24(20)25;;;;;/h1-16H;1H;4*1H3. The van der Waals surface area contributed by atoms with Gasteiger partial charge in [-0.3, -0.25) is 0 Å². The van der Waals surface area contributed by atoms with Crippen LogP contribution in [0.5, 0.6) is 0 Å². The molecule has 0 aromatic heterocycles. The van der Waals surface area contributed by atoms with Gasteiger partial charge in [0.15, 0.2) is 0 Å². The molecule has 0 aliphatic heterocycles. The van der Waals surface area contributed by atoms with Gasteiger partial charge in [0.1, 0.15) is 0 Å². The largest absolute Gasteiger partial charge is 0.344 e. The van der Waals surface area contributed by atoms with Gasteiger partial charge >= 0.3 is 0 Å². The van der Waals surface area contributed by atoms with E-state index >= 15 is 0 Å². The van der Waals surface area contributed by atoms with Crippen LogP contribution >= 0.6 is 12.4 Å². The van der Waals surface area contributed by atoms with Crippen molar-refractivity contribution in [2.45, 2.75) is 5.41 Å². The van der Waals surface area contributed by atoms with Crippen LogP contribution in [0.15, 0.2) is 97.1 Å². The Bertz CT molecular complexity index is 985. The molecule has 4 nitrogen and oxygen atoms in total. The molecule has 0 radical (unpaired) electrons. The van der Waals surface area contributed by atoms with Gasteiger partial charge in [-0.2, -0.15) is 0 Å². The molecule has 0 amide bonds. The van der Waals surface area contributed by atoms with E-state index in [4.69, 9.17) is 0 Å². The molecule has 0 saturated heterocycles. The highest BCUT2D eigenvalue weighted by Gasteiger charge is 2.51. The van der Waals surface area contributed by atoms with Crippen LogP contribution in [0.1, 0.15) is 22.3 Å². The van der Waals surface area contributed by atoms with Gasteiger partial charge in [-0.05, 0) is 44.5 Å². The number of halogens is 1. The van der Waals surface area contributed by atoms with E-state index in [1.54, 1.807) is 0 Å². The zero-order valence-electron chi connectivity index (χ0n) is 17.0. The number of benzene rings is 4. The first-order valence-corrected chi connectivity index (χ1v) is 8.81. The van der Waals surface area contributed by atoms with E-state index in [9.17, 15) is 0 Å². The summed E-state index contributed by atoms with van der Waals surface area (Å²) < 4.78 is 0. The van der Waals surface area contributed by atoms with Crippen molar-refractivity contribution in [3.05, 3.63) is 119 Å². The minimum Gasteiger partial charge on any atom is -0.344 e. The van der Waals surface area contributed by atoms with Crippen molar-refractivity contribution in [3.8, 4) is 22.3 Å². The van der Waals surface area contributed by atoms with Crippen LogP contribution < -0.4 is 24.6 Å². The van der Waals surface area contributed by atoms with E-state index < -0.39 is 0 Å². The molecule has 5 heteroatoms. The molecule has 0 saturated carbocycles. The molecule has 4 aromatic carbocycles. The van der Waals surface area contributed by atoms with Crippen molar-refractivity contribution in [2.75, 3.05) is 0 Å². The van der Waals surface area contributed by atoms with Crippen molar-refractivity contribution in [1.29, 1.82) is 0 Å². The van der Waals surface area contributed by atoms with E-state index in [2.05, 4.69) is 97.1 Å². The summed E-state index contributed by atoms with van der Waals surface area (Å²) in [7, 11) is 0. The van der Waals surface area contributed by atoms with Crippen LogP contribution in [-0.4, -0.2) is 0 Å². The van der Waals surface area contributed by atoms with Gasteiger partial charge in [0.25, 0.3) is 0 Å². The fourth-order valence-electron chi connectivity index (χ4n) is 5.05. The maximum absolute atomic E-state index is 2.31. The second-order valence-electron chi connectivity index (χ2n) is 6.93. The summed E-state index contributed by atoms with van der Waals surface area (Å²) in [5.41, 5.74) is 10.9. The molecule has 2 aliphatic rings. The van der Waals surface area contributed by atoms with Crippen LogP contribution in [0.4, 0.5) is 0 Å². The number of fused-ring (bicyclic) bond motifs is 10. The molecule has 1 spiro atoms. The maximum Gasteiger partial charge on any atom is 0.0725 e. The predicted octanol–water partition coefficient (Wildman–Crippen LogP) is 7.10. The van der Waals surface area contributed by atoms with E-state index in [0.29, 0.717) is 0 Å². The van der Waals surface area contributed by atoms with Crippen molar-refractivity contribution < 1.29 is 0 Å². The Balaban J connectivity index is 0.000000900. The lowest BCUT2D eigenvalue weighted by atomic mass is 9.70. The Labute approximate surface area is 184 Å².